The van der Waals surface area contributed by atoms with Gasteiger partial charge in [-0.25, -0.2) is 0 Å². The molecule has 0 aromatic heterocycles. The van der Waals surface area contributed by atoms with Gasteiger partial charge >= 0.3 is 0 Å². The van der Waals surface area contributed by atoms with E-state index in [4.69, 9.17) is 0 Å². The molecule has 0 aromatic carbocycles. The van der Waals surface area contributed by atoms with Crippen molar-refractivity contribution in [2.75, 3.05) is 0 Å². The summed E-state index contributed by atoms with van der Waals surface area (Å²) in [6.45, 7) is 0. The van der Waals surface area contributed by atoms with Crippen molar-refractivity contribution in [2.45, 2.75) is 32.1 Å². The normalized spacial score (nSPS) is 26.0. The summed E-state index contributed by atoms with van der Waals surface area (Å²) in [5.74, 6) is 0. The summed E-state index contributed by atoms with van der Waals surface area (Å²) in [5, 5.41) is 0. The highest BCUT2D eigenvalue weighted by molar-refractivity contribution is 4.95. The van der Waals surface area contributed by atoms with Crippen LogP contribution < -0.4 is 0 Å². The Labute approximate surface area is 51.6 Å². The maximum absolute atomic E-state index is 2.26. The van der Waals surface area contributed by atoms with E-state index < -0.39 is 0 Å². The first kappa shape index (κ1) is 5.87. The van der Waals surface area contributed by atoms with Crippen molar-refractivity contribution in [1.82, 2.24) is 0 Å². The molecule has 0 amide bonds. The van der Waals surface area contributed by atoms with Crippen LogP contribution in [0, 0.1) is 6.42 Å². The molecule has 0 unspecified atom stereocenters. The van der Waals surface area contributed by atoms with E-state index in [1.807, 2.05) is 0 Å². The number of hydrogen-bond acceptors (Lipinski definition) is 0. The highest BCUT2D eigenvalue weighted by Gasteiger charge is 1.90. The van der Waals surface area contributed by atoms with E-state index in [0.29, 0.717) is 0 Å². The molecule has 0 bridgehead atoms. The smallest absolute Gasteiger partial charge is 0.0171 e. The fourth-order valence-electron chi connectivity index (χ4n) is 0.990. The van der Waals surface area contributed by atoms with E-state index in [0.717, 1.165) is 0 Å². The lowest BCUT2D eigenvalue weighted by molar-refractivity contribution is 0.677. The molecule has 0 N–H and O–H groups in total. The van der Waals surface area contributed by atoms with Gasteiger partial charge in [-0.3, -0.25) is 0 Å². The second kappa shape index (κ2) is 3.71. The van der Waals surface area contributed by atoms with Gasteiger partial charge in [0, 0.05) is 0 Å². The summed E-state index contributed by atoms with van der Waals surface area (Å²) in [6.07, 6.45) is 13.5. The standard InChI is InChI=1S/C8H13/c1-2-4-6-8-7-5-3-1/h1-3H,4-8H2/b2-1-. The molecule has 0 aliphatic heterocycles. The van der Waals surface area contributed by atoms with Gasteiger partial charge in [0.1, 0.15) is 0 Å². The molecule has 1 aliphatic carbocycles. The molecule has 0 nitrogen and oxygen atoms in total. The Morgan fingerprint density at radius 2 is 1.75 bits per heavy atom. The van der Waals surface area contributed by atoms with Crippen LogP contribution in [0.2, 0.25) is 0 Å². The third-order valence-corrected chi connectivity index (χ3v) is 1.51. The summed E-state index contributed by atoms with van der Waals surface area (Å²) in [4.78, 5) is 0. The zero-order chi connectivity index (χ0) is 5.66. The van der Waals surface area contributed by atoms with E-state index >= 15 is 0 Å². The molecule has 0 saturated carbocycles. The Bertz CT molecular complexity index is 62.1. The van der Waals surface area contributed by atoms with Crippen molar-refractivity contribution < 1.29 is 0 Å². The van der Waals surface area contributed by atoms with Crippen molar-refractivity contribution >= 4 is 0 Å². The third kappa shape index (κ3) is 2.15. The third-order valence-electron chi connectivity index (χ3n) is 1.51. The first-order valence-corrected chi connectivity index (χ1v) is 3.48. The van der Waals surface area contributed by atoms with Crippen LogP contribution in [0.4, 0.5) is 0 Å². The molecular weight excluding hydrogens is 96.1 g/mol. The molecule has 0 atom stereocenters. The Morgan fingerprint density at radius 1 is 0.875 bits per heavy atom. The summed E-state index contributed by atoms with van der Waals surface area (Å²) in [5.41, 5.74) is 0. The van der Waals surface area contributed by atoms with Crippen LogP contribution in [0.25, 0.3) is 0 Å². The van der Waals surface area contributed by atoms with Crippen molar-refractivity contribution in [1.29, 1.82) is 0 Å². The molecule has 0 fully saturated rings. The minimum absolute atomic E-state index is 1.29. The van der Waals surface area contributed by atoms with Crippen LogP contribution >= 0.6 is 0 Å². The average Bonchev–Trinajstić information content (AvgIpc) is 1.62. The molecule has 0 saturated heterocycles. The number of rotatable bonds is 0. The van der Waals surface area contributed by atoms with Gasteiger partial charge in [0.25, 0.3) is 0 Å². The van der Waals surface area contributed by atoms with E-state index in [9.17, 15) is 0 Å². The van der Waals surface area contributed by atoms with Gasteiger partial charge in [0.05, 0.1) is 0 Å². The lowest BCUT2D eigenvalue weighted by atomic mass is 10.1. The highest BCUT2D eigenvalue weighted by atomic mass is 14.0. The topological polar surface area (TPSA) is 0 Å². The van der Waals surface area contributed by atoms with E-state index in [1.54, 1.807) is 0 Å². The first-order chi connectivity index (χ1) is 4.00. The number of allylic oxidation sites excluding steroid dienone is 2. The molecule has 1 aliphatic rings. The van der Waals surface area contributed by atoms with Gasteiger partial charge < -0.3 is 0 Å². The predicted octanol–water partition coefficient (Wildman–Crippen LogP) is 2.71. The Balaban J connectivity index is 2.17. The van der Waals surface area contributed by atoms with Crippen LogP contribution in [-0.4, -0.2) is 0 Å². The minimum atomic E-state index is 1.29. The lowest BCUT2D eigenvalue weighted by Gasteiger charge is -1.99. The molecule has 8 heavy (non-hydrogen) atoms. The highest BCUT2D eigenvalue weighted by Crippen LogP contribution is 2.09. The van der Waals surface area contributed by atoms with Gasteiger partial charge in [0.2, 0.25) is 0 Å². The SMILES string of the molecule is [CH]1/C=C\CCCCC1. The number of hydrogen-bond donors (Lipinski definition) is 0. The van der Waals surface area contributed by atoms with Crippen molar-refractivity contribution in [3.8, 4) is 0 Å². The monoisotopic (exact) mass is 109 g/mol. The molecule has 0 heteroatoms. The minimum Gasteiger partial charge on any atom is -0.0882 e. The van der Waals surface area contributed by atoms with Crippen molar-refractivity contribution in [3.63, 3.8) is 0 Å². The Hall–Kier alpha value is -0.260. The quantitative estimate of drug-likeness (QED) is 0.448. The van der Waals surface area contributed by atoms with E-state index in [1.165, 1.54) is 32.1 Å². The summed E-state index contributed by atoms with van der Waals surface area (Å²) in [7, 11) is 0. The zero-order valence-corrected chi connectivity index (χ0v) is 5.27. The van der Waals surface area contributed by atoms with E-state index in [2.05, 4.69) is 18.6 Å². The molecule has 0 spiro atoms. The fraction of sp³-hybridized carbons (Fsp3) is 0.625. The van der Waals surface area contributed by atoms with Crippen molar-refractivity contribution in [2.24, 2.45) is 0 Å². The molecule has 0 heterocycles. The van der Waals surface area contributed by atoms with Gasteiger partial charge in [0.15, 0.2) is 0 Å². The van der Waals surface area contributed by atoms with Gasteiger partial charge in [-0.2, -0.15) is 0 Å². The largest absolute Gasteiger partial charge is 0.0882 e. The summed E-state index contributed by atoms with van der Waals surface area (Å²) >= 11 is 0. The van der Waals surface area contributed by atoms with E-state index in [-0.39, 0.29) is 0 Å². The van der Waals surface area contributed by atoms with Crippen LogP contribution in [-0.2, 0) is 0 Å². The summed E-state index contributed by atoms with van der Waals surface area (Å²) < 4.78 is 0. The lowest BCUT2D eigenvalue weighted by Crippen LogP contribution is -1.80. The van der Waals surface area contributed by atoms with Crippen LogP contribution in [0.1, 0.15) is 32.1 Å². The van der Waals surface area contributed by atoms with Crippen LogP contribution in [0.15, 0.2) is 12.2 Å². The van der Waals surface area contributed by atoms with Crippen molar-refractivity contribution in [3.05, 3.63) is 18.6 Å². The second-order valence-corrected chi connectivity index (χ2v) is 2.30. The first-order valence-electron chi connectivity index (χ1n) is 3.48. The zero-order valence-electron chi connectivity index (χ0n) is 5.27. The maximum Gasteiger partial charge on any atom is -0.0171 e. The maximum atomic E-state index is 2.26. The van der Waals surface area contributed by atoms with Gasteiger partial charge in [-0.05, 0) is 25.7 Å². The van der Waals surface area contributed by atoms with Crippen LogP contribution in [0.5, 0.6) is 0 Å². The molecular formula is C8H13. The second-order valence-electron chi connectivity index (χ2n) is 2.30. The fourth-order valence-corrected chi connectivity index (χ4v) is 0.990. The Kier molecular flexibility index (Phi) is 2.72. The predicted molar refractivity (Wildman–Crippen MR) is 36.5 cm³/mol. The van der Waals surface area contributed by atoms with Gasteiger partial charge in [-0.1, -0.05) is 25.0 Å². The Morgan fingerprint density at radius 3 is 2.75 bits per heavy atom. The molecule has 0 aromatic rings. The van der Waals surface area contributed by atoms with Crippen LogP contribution in [0.3, 0.4) is 0 Å². The molecule has 1 radical (unpaired) electrons. The van der Waals surface area contributed by atoms with Gasteiger partial charge in [-0.15, -0.1) is 0 Å². The summed E-state index contributed by atoms with van der Waals surface area (Å²) in [6, 6.07) is 0. The molecule has 45 valence electrons. The average molecular weight is 109 g/mol. The molecule has 1 rings (SSSR count).